The van der Waals surface area contributed by atoms with E-state index < -0.39 is 0 Å². The molecule has 156 valence electrons. The van der Waals surface area contributed by atoms with E-state index in [4.69, 9.17) is 9.47 Å². The first-order valence-electron chi connectivity index (χ1n) is 10.2. The van der Waals surface area contributed by atoms with Gasteiger partial charge in [-0.1, -0.05) is 12.5 Å². The molecule has 3 aromatic rings. The molecule has 0 saturated carbocycles. The van der Waals surface area contributed by atoms with E-state index >= 15 is 0 Å². The Morgan fingerprint density at radius 2 is 1.87 bits per heavy atom. The zero-order valence-corrected chi connectivity index (χ0v) is 17.4. The van der Waals surface area contributed by atoms with Crippen LogP contribution in [0.2, 0.25) is 0 Å². The van der Waals surface area contributed by atoms with Crippen LogP contribution in [-0.4, -0.2) is 34.9 Å². The van der Waals surface area contributed by atoms with Crippen molar-refractivity contribution in [2.75, 3.05) is 19.5 Å². The molecule has 1 aliphatic rings. The van der Waals surface area contributed by atoms with E-state index in [9.17, 15) is 4.79 Å². The molecule has 30 heavy (non-hydrogen) atoms. The molecule has 0 atom stereocenters. The topological polar surface area (TPSA) is 78.3 Å². The molecule has 0 unspecified atom stereocenters. The Labute approximate surface area is 176 Å². The number of amides is 1. The molecule has 0 radical (unpaired) electrons. The maximum atomic E-state index is 12.5. The van der Waals surface area contributed by atoms with E-state index in [-0.39, 0.29) is 12.3 Å². The average molecular weight is 406 g/mol. The minimum absolute atomic E-state index is 0.109. The predicted molar refractivity (Wildman–Crippen MR) is 115 cm³/mol. The van der Waals surface area contributed by atoms with Gasteiger partial charge in [0.15, 0.2) is 5.82 Å². The zero-order chi connectivity index (χ0) is 20.9. The minimum Gasteiger partial charge on any atom is -0.497 e. The van der Waals surface area contributed by atoms with Gasteiger partial charge in [0.05, 0.1) is 20.6 Å². The number of aromatic nitrogens is 3. The molecule has 7 nitrogen and oxygen atoms in total. The van der Waals surface area contributed by atoms with Crippen molar-refractivity contribution in [1.29, 1.82) is 0 Å². The number of hydrogen-bond acceptors (Lipinski definition) is 5. The van der Waals surface area contributed by atoms with E-state index in [1.54, 1.807) is 20.3 Å². The van der Waals surface area contributed by atoms with Gasteiger partial charge in [0.1, 0.15) is 17.3 Å². The number of ether oxygens (including phenoxy) is 2. The van der Waals surface area contributed by atoms with Crippen LogP contribution in [-0.2, 0) is 24.2 Å². The van der Waals surface area contributed by atoms with Crippen LogP contribution in [0.4, 0.5) is 5.69 Å². The fraction of sp³-hybridized carbons (Fsp3) is 0.348. The molecule has 0 bridgehead atoms. The van der Waals surface area contributed by atoms with Crippen LogP contribution in [0.3, 0.4) is 0 Å². The second-order valence-electron chi connectivity index (χ2n) is 7.38. The third kappa shape index (κ3) is 4.30. The predicted octanol–water partition coefficient (Wildman–Crippen LogP) is 3.87. The number of benzene rings is 2. The van der Waals surface area contributed by atoms with Crippen LogP contribution in [0, 0.1) is 0 Å². The van der Waals surface area contributed by atoms with Gasteiger partial charge in [-0.3, -0.25) is 4.79 Å². The standard InChI is InChI=1S/C23H26N4O3/c1-29-19-12-9-17(20(15-19)30-2)14-22(28)24-18-10-7-16(8-11-18)23-26-25-21-6-4-3-5-13-27(21)23/h7-12,15H,3-6,13-14H2,1-2H3,(H,24,28). The summed E-state index contributed by atoms with van der Waals surface area (Å²) in [4.78, 5) is 12.5. The van der Waals surface area contributed by atoms with Gasteiger partial charge in [-0.05, 0) is 43.2 Å². The summed E-state index contributed by atoms with van der Waals surface area (Å²) in [6.45, 7) is 0.958. The largest absolute Gasteiger partial charge is 0.497 e. The van der Waals surface area contributed by atoms with Crippen molar-refractivity contribution in [2.45, 2.75) is 38.6 Å². The number of nitrogens with zero attached hydrogens (tertiary/aromatic N) is 3. The lowest BCUT2D eigenvalue weighted by Crippen LogP contribution is -2.15. The lowest BCUT2D eigenvalue weighted by molar-refractivity contribution is -0.115. The molecule has 0 spiro atoms. The van der Waals surface area contributed by atoms with Crippen molar-refractivity contribution < 1.29 is 14.3 Å². The molecule has 7 heteroatoms. The van der Waals surface area contributed by atoms with Crippen LogP contribution in [0.25, 0.3) is 11.4 Å². The van der Waals surface area contributed by atoms with Gasteiger partial charge in [-0.25, -0.2) is 0 Å². The SMILES string of the molecule is COc1ccc(CC(=O)Nc2ccc(-c3nnc4n3CCCCC4)cc2)c(OC)c1. The molecule has 2 heterocycles. The summed E-state index contributed by atoms with van der Waals surface area (Å²) < 4.78 is 12.8. The molecule has 1 N–H and O–H groups in total. The highest BCUT2D eigenvalue weighted by atomic mass is 16.5. The van der Waals surface area contributed by atoms with Gasteiger partial charge >= 0.3 is 0 Å². The number of rotatable bonds is 6. The van der Waals surface area contributed by atoms with Crippen molar-refractivity contribution in [1.82, 2.24) is 14.8 Å². The van der Waals surface area contributed by atoms with Crippen LogP contribution in [0.15, 0.2) is 42.5 Å². The Kier molecular flexibility index (Phi) is 5.97. The zero-order valence-electron chi connectivity index (χ0n) is 17.4. The molecule has 4 rings (SSSR count). The highest BCUT2D eigenvalue weighted by Gasteiger charge is 2.16. The van der Waals surface area contributed by atoms with E-state index in [1.807, 2.05) is 36.4 Å². The number of aryl methyl sites for hydroxylation is 1. The minimum atomic E-state index is -0.109. The third-order valence-electron chi connectivity index (χ3n) is 5.38. The summed E-state index contributed by atoms with van der Waals surface area (Å²) in [6.07, 6.45) is 4.75. The van der Waals surface area contributed by atoms with E-state index in [0.717, 1.165) is 47.8 Å². The van der Waals surface area contributed by atoms with Crippen molar-refractivity contribution in [3.63, 3.8) is 0 Å². The molecule has 0 fully saturated rings. The highest BCUT2D eigenvalue weighted by molar-refractivity contribution is 5.92. The molecule has 2 aromatic carbocycles. The van der Waals surface area contributed by atoms with Crippen LogP contribution in [0.5, 0.6) is 11.5 Å². The van der Waals surface area contributed by atoms with Gasteiger partial charge in [0.25, 0.3) is 0 Å². The Bertz CT molecular complexity index is 1030. The van der Waals surface area contributed by atoms with Gasteiger partial charge in [0, 0.05) is 35.8 Å². The lowest BCUT2D eigenvalue weighted by atomic mass is 10.1. The van der Waals surface area contributed by atoms with Gasteiger partial charge < -0.3 is 19.4 Å². The number of nitrogens with one attached hydrogen (secondary N) is 1. The second kappa shape index (κ2) is 8.98. The van der Waals surface area contributed by atoms with Crippen molar-refractivity contribution in [3.8, 4) is 22.9 Å². The van der Waals surface area contributed by atoms with Crippen molar-refractivity contribution >= 4 is 11.6 Å². The van der Waals surface area contributed by atoms with Crippen molar-refractivity contribution in [2.24, 2.45) is 0 Å². The third-order valence-corrected chi connectivity index (χ3v) is 5.38. The summed E-state index contributed by atoms with van der Waals surface area (Å²) in [6, 6.07) is 13.2. The summed E-state index contributed by atoms with van der Waals surface area (Å²) in [5.41, 5.74) is 2.55. The first kappa shape index (κ1) is 19.9. The first-order valence-corrected chi connectivity index (χ1v) is 10.2. The maximum Gasteiger partial charge on any atom is 0.228 e. The van der Waals surface area contributed by atoms with Gasteiger partial charge in [0.2, 0.25) is 5.91 Å². The molecule has 1 aliphatic heterocycles. The van der Waals surface area contributed by atoms with Gasteiger partial charge in [-0.15, -0.1) is 10.2 Å². The molecule has 0 aliphatic carbocycles. The van der Waals surface area contributed by atoms with E-state index in [1.165, 1.54) is 12.8 Å². The van der Waals surface area contributed by atoms with Crippen LogP contribution in [0.1, 0.15) is 30.7 Å². The van der Waals surface area contributed by atoms with E-state index in [0.29, 0.717) is 11.5 Å². The van der Waals surface area contributed by atoms with Crippen LogP contribution >= 0.6 is 0 Å². The number of anilines is 1. The molecular formula is C23H26N4O3. The Morgan fingerprint density at radius 1 is 1.03 bits per heavy atom. The number of fused-ring (bicyclic) bond motifs is 1. The molecule has 0 saturated heterocycles. The second-order valence-corrected chi connectivity index (χ2v) is 7.38. The monoisotopic (exact) mass is 406 g/mol. The fourth-order valence-electron chi connectivity index (χ4n) is 3.78. The van der Waals surface area contributed by atoms with E-state index in [2.05, 4.69) is 20.1 Å². The summed E-state index contributed by atoms with van der Waals surface area (Å²) >= 11 is 0. The Hall–Kier alpha value is -3.35. The number of carbonyl (C=O) groups is 1. The lowest BCUT2D eigenvalue weighted by Gasteiger charge is -2.11. The van der Waals surface area contributed by atoms with Crippen molar-refractivity contribution in [3.05, 3.63) is 53.9 Å². The Morgan fingerprint density at radius 3 is 2.63 bits per heavy atom. The summed E-state index contributed by atoms with van der Waals surface area (Å²) in [5, 5.41) is 11.7. The molecular weight excluding hydrogens is 380 g/mol. The smallest absolute Gasteiger partial charge is 0.228 e. The fourth-order valence-corrected chi connectivity index (χ4v) is 3.78. The maximum absolute atomic E-state index is 12.5. The van der Waals surface area contributed by atoms with Crippen LogP contribution < -0.4 is 14.8 Å². The van der Waals surface area contributed by atoms with Gasteiger partial charge in [-0.2, -0.15) is 0 Å². The summed E-state index contributed by atoms with van der Waals surface area (Å²) in [5.74, 6) is 3.17. The molecule has 1 amide bonds. The number of methoxy groups -OCH3 is 2. The quantitative estimate of drug-likeness (QED) is 0.672. The molecule has 1 aromatic heterocycles. The average Bonchev–Trinajstić information content (AvgIpc) is 3.02. The Balaban J connectivity index is 1.44. The highest BCUT2D eigenvalue weighted by Crippen LogP contribution is 2.26. The normalized spacial score (nSPS) is 13.3. The first-order chi connectivity index (χ1) is 14.7. The number of hydrogen-bond donors (Lipinski definition) is 1. The summed E-state index contributed by atoms with van der Waals surface area (Å²) in [7, 11) is 3.18. The number of carbonyl (C=O) groups excluding carboxylic acids is 1.